The second-order valence-corrected chi connectivity index (χ2v) is 3.74. The molecule has 0 saturated heterocycles. The van der Waals surface area contributed by atoms with Crippen LogP contribution in [0, 0.1) is 0 Å². The van der Waals surface area contributed by atoms with Crippen LogP contribution in [0.15, 0.2) is 45.2 Å². The molecule has 0 radical (unpaired) electrons. The summed E-state index contributed by atoms with van der Waals surface area (Å²) in [5.74, 6) is -0.776. The first-order chi connectivity index (χ1) is 9.58. The van der Waals surface area contributed by atoms with E-state index in [-0.39, 0.29) is 11.3 Å². The lowest BCUT2D eigenvalue weighted by atomic mass is 10.2. The number of carbonyl (C=O) groups excluding carboxylic acids is 1. The number of amides is 1. The molecule has 0 unspecified atom stereocenters. The van der Waals surface area contributed by atoms with E-state index in [1.54, 1.807) is 18.2 Å². The summed E-state index contributed by atoms with van der Waals surface area (Å²) in [6.45, 7) is 0. The second kappa shape index (κ2) is 5.65. The zero-order chi connectivity index (χ0) is 14.5. The van der Waals surface area contributed by atoms with Crippen molar-refractivity contribution in [1.82, 2.24) is 15.4 Å². The number of para-hydroxylation sites is 1. The van der Waals surface area contributed by atoms with Crippen molar-refractivity contribution in [3.05, 3.63) is 62.4 Å². The normalized spacial score (nSPS) is 10.6. The van der Waals surface area contributed by atoms with Crippen LogP contribution in [-0.2, 0) is 0 Å². The smallest absolute Gasteiger partial charge is 0.325 e. The fraction of sp³-hybridized carbons (Fsp3) is 0. The van der Waals surface area contributed by atoms with E-state index in [0.717, 1.165) is 6.20 Å². The number of hydrazone groups is 1. The highest BCUT2D eigenvalue weighted by Gasteiger charge is 2.09. The van der Waals surface area contributed by atoms with Gasteiger partial charge in [0.25, 0.3) is 11.5 Å². The van der Waals surface area contributed by atoms with Gasteiger partial charge < -0.3 is 10.1 Å². The first kappa shape index (κ1) is 13.3. The fourth-order valence-corrected chi connectivity index (χ4v) is 1.40. The van der Waals surface area contributed by atoms with Crippen molar-refractivity contribution in [2.24, 2.45) is 5.10 Å². The van der Waals surface area contributed by atoms with Crippen LogP contribution >= 0.6 is 0 Å². The Morgan fingerprint density at radius 1 is 1.30 bits per heavy atom. The van der Waals surface area contributed by atoms with Crippen molar-refractivity contribution in [2.75, 3.05) is 0 Å². The van der Waals surface area contributed by atoms with Gasteiger partial charge in [-0.05, 0) is 12.1 Å². The molecule has 20 heavy (non-hydrogen) atoms. The SMILES string of the molecule is O=C(N/N=C/c1ccccc1O)c1c[nH]c(=O)[nH]c1=O. The molecule has 8 nitrogen and oxygen atoms in total. The van der Waals surface area contributed by atoms with Crippen LogP contribution in [0.4, 0.5) is 0 Å². The summed E-state index contributed by atoms with van der Waals surface area (Å²) >= 11 is 0. The van der Waals surface area contributed by atoms with Crippen LogP contribution in [0.25, 0.3) is 0 Å². The Labute approximate surface area is 111 Å². The van der Waals surface area contributed by atoms with Crippen LogP contribution in [0.5, 0.6) is 5.75 Å². The number of phenolic OH excluding ortho intramolecular Hbond substituents is 1. The van der Waals surface area contributed by atoms with Gasteiger partial charge in [0.15, 0.2) is 0 Å². The summed E-state index contributed by atoms with van der Waals surface area (Å²) < 4.78 is 0. The minimum Gasteiger partial charge on any atom is -0.507 e. The molecule has 0 aliphatic heterocycles. The number of aromatic hydroxyl groups is 1. The molecule has 102 valence electrons. The number of nitrogens with one attached hydrogen (secondary N) is 3. The number of rotatable bonds is 3. The van der Waals surface area contributed by atoms with Gasteiger partial charge in [0.1, 0.15) is 11.3 Å². The predicted molar refractivity (Wildman–Crippen MR) is 70.9 cm³/mol. The summed E-state index contributed by atoms with van der Waals surface area (Å²) in [7, 11) is 0. The molecule has 0 fully saturated rings. The minimum atomic E-state index is -0.816. The lowest BCUT2D eigenvalue weighted by Gasteiger charge is -1.99. The van der Waals surface area contributed by atoms with Crippen molar-refractivity contribution in [2.45, 2.75) is 0 Å². The number of aromatic amines is 2. The number of aromatic nitrogens is 2. The molecule has 0 atom stereocenters. The van der Waals surface area contributed by atoms with Gasteiger partial charge in [-0.2, -0.15) is 5.10 Å². The van der Waals surface area contributed by atoms with Crippen LogP contribution in [-0.4, -0.2) is 27.2 Å². The average molecular weight is 274 g/mol. The van der Waals surface area contributed by atoms with Crippen LogP contribution in [0.2, 0.25) is 0 Å². The molecule has 4 N–H and O–H groups in total. The molecule has 0 aliphatic rings. The molecule has 0 bridgehead atoms. The van der Waals surface area contributed by atoms with Gasteiger partial charge in [0.2, 0.25) is 0 Å². The monoisotopic (exact) mass is 274 g/mol. The molecule has 1 aromatic carbocycles. The quantitative estimate of drug-likeness (QED) is 0.445. The van der Waals surface area contributed by atoms with E-state index in [2.05, 4.69) is 15.5 Å². The maximum Gasteiger partial charge on any atom is 0.325 e. The molecule has 0 saturated carbocycles. The molecule has 1 amide bonds. The highest BCUT2D eigenvalue weighted by molar-refractivity contribution is 5.94. The van der Waals surface area contributed by atoms with Gasteiger partial charge in [-0.3, -0.25) is 14.6 Å². The zero-order valence-electron chi connectivity index (χ0n) is 10.1. The van der Waals surface area contributed by atoms with E-state index < -0.39 is 17.2 Å². The van der Waals surface area contributed by atoms with E-state index >= 15 is 0 Å². The lowest BCUT2D eigenvalue weighted by molar-refractivity contribution is 0.0953. The predicted octanol–water partition coefficient (Wildman–Crippen LogP) is -0.467. The average Bonchev–Trinajstić information content (AvgIpc) is 2.40. The van der Waals surface area contributed by atoms with E-state index in [9.17, 15) is 19.5 Å². The third-order valence-electron chi connectivity index (χ3n) is 2.37. The fourth-order valence-electron chi connectivity index (χ4n) is 1.40. The van der Waals surface area contributed by atoms with Crippen molar-refractivity contribution < 1.29 is 9.90 Å². The summed E-state index contributed by atoms with van der Waals surface area (Å²) in [5.41, 5.74) is 0.719. The van der Waals surface area contributed by atoms with Crippen molar-refractivity contribution in [3.8, 4) is 5.75 Å². The lowest BCUT2D eigenvalue weighted by Crippen LogP contribution is -2.31. The highest BCUT2D eigenvalue weighted by atomic mass is 16.3. The number of nitrogens with zero attached hydrogens (tertiary/aromatic N) is 1. The summed E-state index contributed by atoms with van der Waals surface area (Å²) in [4.78, 5) is 37.9. The first-order valence-corrected chi connectivity index (χ1v) is 5.51. The Morgan fingerprint density at radius 2 is 2.05 bits per heavy atom. The van der Waals surface area contributed by atoms with Gasteiger partial charge in [0.05, 0.1) is 6.21 Å². The molecule has 0 aliphatic carbocycles. The molecule has 2 rings (SSSR count). The number of benzene rings is 1. The maximum absolute atomic E-state index is 11.6. The first-order valence-electron chi connectivity index (χ1n) is 5.51. The molecule has 0 spiro atoms. The summed E-state index contributed by atoms with van der Waals surface area (Å²) in [6.07, 6.45) is 2.22. The van der Waals surface area contributed by atoms with E-state index in [4.69, 9.17) is 0 Å². The van der Waals surface area contributed by atoms with Crippen molar-refractivity contribution in [1.29, 1.82) is 0 Å². The van der Waals surface area contributed by atoms with E-state index in [1.807, 2.05) is 4.98 Å². The Kier molecular flexibility index (Phi) is 3.75. The van der Waals surface area contributed by atoms with Gasteiger partial charge in [-0.15, -0.1) is 0 Å². The van der Waals surface area contributed by atoms with Gasteiger partial charge >= 0.3 is 5.69 Å². The Morgan fingerprint density at radius 3 is 2.75 bits per heavy atom. The van der Waals surface area contributed by atoms with Gasteiger partial charge in [-0.1, -0.05) is 12.1 Å². The topological polar surface area (TPSA) is 127 Å². The standard InChI is InChI=1S/C12H10N4O4/c17-9-4-2-1-3-7(9)5-14-16-11(19)8-6-13-12(20)15-10(8)18/h1-6,17H,(H,16,19)(H2,13,15,18,20)/b14-5+. The number of H-pyrrole nitrogens is 2. The number of carbonyl (C=O) groups is 1. The summed E-state index contributed by atoms with van der Waals surface area (Å²) in [5, 5.41) is 13.1. The molecular formula is C12H10N4O4. The van der Waals surface area contributed by atoms with E-state index in [1.165, 1.54) is 12.3 Å². The zero-order valence-corrected chi connectivity index (χ0v) is 10.1. The highest BCUT2D eigenvalue weighted by Crippen LogP contribution is 2.12. The summed E-state index contributed by atoms with van der Waals surface area (Å²) in [6, 6.07) is 6.40. The Hall–Kier alpha value is -3.16. The maximum atomic E-state index is 11.6. The Balaban J connectivity index is 2.11. The van der Waals surface area contributed by atoms with Crippen LogP contribution in [0.3, 0.4) is 0 Å². The molecule has 8 heteroatoms. The van der Waals surface area contributed by atoms with Crippen molar-refractivity contribution in [3.63, 3.8) is 0 Å². The molecule has 1 heterocycles. The number of phenols is 1. The molecule has 1 aromatic heterocycles. The molecular weight excluding hydrogens is 264 g/mol. The van der Waals surface area contributed by atoms with Crippen LogP contribution < -0.4 is 16.7 Å². The van der Waals surface area contributed by atoms with Crippen LogP contribution in [0.1, 0.15) is 15.9 Å². The Bertz CT molecular complexity index is 775. The molecule has 2 aromatic rings. The van der Waals surface area contributed by atoms with E-state index in [0.29, 0.717) is 5.56 Å². The number of hydrogen-bond acceptors (Lipinski definition) is 5. The largest absolute Gasteiger partial charge is 0.507 e. The minimum absolute atomic E-state index is 0.00684. The third kappa shape index (κ3) is 2.99. The van der Waals surface area contributed by atoms with Crippen molar-refractivity contribution >= 4 is 12.1 Å². The second-order valence-electron chi connectivity index (χ2n) is 3.74. The van der Waals surface area contributed by atoms with Gasteiger partial charge in [0, 0.05) is 11.8 Å². The van der Waals surface area contributed by atoms with Gasteiger partial charge in [-0.25, -0.2) is 10.2 Å². The third-order valence-corrected chi connectivity index (χ3v) is 2.37. The number of hydrogen-bond donors (Lipinski definition) is 4.